The number of thiazole rings is 1. The highest BCUT2D eigenvalue weighted by molar-refractivity contribution is 7.13. The van der Waals surface area contributed by atoms with Crippen molar-refractivity contribution >= 4 is 11.3 Å². The van der Waals surface area contributed by atoms with Crippen LogP contribution in [0.2, 0.25) is 0 Å². The summed E-state index contributed by atoms with van der Waals surface area (Å²) in [6, 6.07) is 2.07. The summed E-state index contributed by atoms with van der Waals surface area (Å²) in [4.78, 5) is 4.43. The first-order valence-corrected chi connectivity index (χ1v) is 5.96. The lowest BCUT2D eigenvalue weighted by atomic mass is 10.3. The molecular formula is C11H14N3S+. The third-order valence-electron chi connectivity index (χ3n) is 2.09. The Morgan fingerprint density at radius 3 is 2.87 bits per heavy atom. The molecule has 0 aromatic carbocycles. The second-order valence-corrected chi connectivity index (χ2v) is 4.33. The van der Waals surface area contributed by atoms with E-state index < -0.39 is 0 Å². The van der Waals surface area contributed by atoms with Gasteiger partial charge < -0.3 is 0 Å². The van der Waals surface area contributed by atoms with Crippen molar-refractivity contribution in [2.75, 3.05) is 0 Å². The lowest BCUT2D eigenvalue weighted by molar-refractivity contribution is -0.753. The maximum Gasteiger partial charge on any atom is 0.197 e. The molecule has 2 rings (SSSR count). The zero-order chi connectivity index (χ0) is 10.7. The van der Waals surface area contributed by atoms with Crippen molar-refractivity contribution in [3.05, 3.63) is 29.5 Å². The fourth-order valence-corrected chi connectivity index (χ4v) is 2.15. The summed E-state index contributed by atoms with van der Waals surface area (Å²) in [5, 5.41) is 7.44. The summed E-state index contributed by atoms with van der Waals surface area (Å²) in [5.74, 6) is 0. The van der Waals surface area contributed by atoms with Crippen LogP contribution >= 0.6 is 11.3 Å². The molecule has 0 aliphatic rings. The summed E-state index contributed by atoms with van der Waals surface area (Å²) in [6.07, 6.45) is 5.00. The average Bonchev–Trinajstić information content (AvgIpc) is 2.67. The summed E-state index contributed by atoms with van der Waals surface area (Å²) in [6.45, 7) is 5.12. The van der Waals surface area contributed by atoms with Gasteiger partial charge in [0.2, 0.25) is 0 Å². The molecule has 2 heterocycles. The Bertz CT molecular complexity index is 433. The van der Waals surface area contributed by atoms with E-state index >= 15 is 0 Å². The van der Waals surface area contributed by atoms with E-state index in [4.69, 9.17) is 0 Å². The number of aryl methyl sites for hydroxylation is 2. The minimum Gasteiger partial charge on any atom is -0.241 e. The molecule has 0 fully saturated rings. The van der Waals surface area contributed by atoms with Crippen LogP contribution in [0.3, 0.4) is 0 Å². The van der Waals surface area contributed by atoms with Gasteiger partial charge in [-0.25, -0.2) is 4.98 Å². The van der Waals surface area contributed by atoms with Gasteiger partial charge >= 0.3 is 0 Å². The normalized spacial score (nSPS) is 10.5. The zero-order valence-corrected chi connectivity index (χ0v) is 9.79. The Morgan fingerprint density at radius 1 is 1.47 bits per heavy atom. The van der Waals surface area contributed by atoms with Crippen LogP contribution in [0.25, 0.3) is 10.6 Å². The maximum atomic E-state index is 4.43. The van der Waals surface area contributed by atoms with E-state index in [9.17, 15) is 0 Å². The van der Waals surface area contributed by atoms with Gasteiger partial charge in [0.1, 0.15) is 11.2 Å². The highest BCUT2D eigenvalue weighted by atomic mass is 32.1. The fourth-order valence-electron chi connectivity index (χ4n) is 1.36. The van der Waals surface area contributed by atoms with Crippen molar-refractivity contribution in [1.29, 1.82) is 0 Å². The van der Waals surface area contributed by atoms with Gasteiger partial charge in [-0.1, -0.05) is 11.6 Å². The lowest BCUT2D eigenvalue weighted by Gasteiger charge is -1.93. The van der Waals surface area contributed by atoms with Crippen LogP contribution in [0.15, 0.2) is 23.8 Å². The van der Waals surface area contributed by atoms with Crippen molar-refractivity contribution in [1.82, 2.24) is 10.1 Å². The molecular weight excluding hydrogens is 206 g/mol. The SMILES string of the molecule is CCC[n+]1ccc(-c2nc(C)cs2)cn1. The van der Waals surface area contributed by atoms with Crippen molar-refractivity contribution in [2.24, 2.45) is 0 Å². The minimum absolute atomic E-state index is 0.969. The molecule has 0 atom stereocenters. The van der Waals surface area contributed by atoms with Crippen LogP contribution in [0.5, 0.6) is 0 Å². The van der Waals surface area contributed by atoms with Gasteiger partial charge in [0.05, 0.1) is 0 Å². The Balaban J connectivity index is 2.23. The largest absolute Gasteiger partial charge is 0.241 e. The lowest BCUT2D eigenvalue weighted by Crippen LogP contribution is -2.36. The molecule has 0 saturated heterocycles. The van der Waals surface area contributed by atoms with Crippen LogP contribution in [-0.2, 0) is 6.54 Å². The molecule has 15 heavy (non-hydrogen) atoms. The van der Waals surface area contributed by atoms with Crippen LogP contribution < -0.4 is 4.68 Å². The van der Waals surface area contributed by atoms with Crippen LogP contribution in [0.4, 0.5) is 0 Å². The van der Waals surface area contributed by atoms with Crippen molar-refractivity contribution in [2.45, 2.75) is 26.8 Å². The molecule has 0 radical (unpaired) electrons. The summed E-state index contributed by atoms with van der Waals surface area (Å²) in [7, 11) is 0. The predicted octanol–water partition coefficient (Wildman–Crippen LogP) is 2.21. The minimum atomic E-state index is 0.969. The molecule has 3 nitrogen and oxygen atoms in total. The molecule has 2 aromatic heterocycles. The van der Waals surface area contributed by atoms with E-state index in [1.807, 2.05) is 24.0 Å². The second kappa shape index (κ2) is 4.49. The summed E-state index contributed by atoms with van der Waals surface area (Å²) in [5.41, 5.74) is 2.17. The highest BCUT2D eigenvalue weighted by Crippen LogP contribution is 2.21. The monoisotopic (exact) mass is 220 g/mol. The van der Waals surface area contributed by atoms with Gasteiger partial charge in [-0.05, 0) is 12.0 Å². The summed E-state index contributed by atoms with van der Waals surface area (Å²) >= 11 is 1.66. The predicted molar refractivity (Wildman–Crippen MR) is 60.6 cm³/mol. The fraction of sp³-hybridized carbons (Fsp3) is 0.364. The van der Waals surface area contributed by atoms with Crippen molar-refractivity contribution in [3.63, 3.8) is 0 Å². The van der Waals surface area contributed by atoms with E-state index in [2.05, 4.69) is 28.5 Å². The molecule has 0 N–H and O–H groups in total. The Kier molecular flexibility index (Phi) is 3.06. The third kappa shape index (κ3) is 2.39. The molecule has 0 amide bonds. The topological polar surface area (TPSA) is 29.7 Å². The van der Waals surface area contributed by atoms with E-state index in [0.29, 0.717) is 0 Å². The van der Waals surface area contributed by atoms with Crippen molar-refractivity contribution < 1.29 is 4.68 Å². The van der Waals surface area contributed by atoms with Gasteiger partial charge in [-0.15, -0.1) is 11.3 Å². The molecule has 0 spiro atoms. The Labute approximate surface area is 93.4 Å². The highest BCUT2D eigenvalue weighted by Gasteiger charge is 2.06. The van der Waals surface area contributed by atoms with Gasteiger partial charge in [0, 0.05) is 29.1 Å². The first kappa shape index (κ1) is 10.2. The number of nitrogens with zero attached hydrogens (tertiary/aromatic N) is 3. The molecule has 0 aliphatic heterocycles. The van der Waals surface area contributed by atoms with E-state index in [1.165, 1.54) is 0 Å². The second-order valence-electron chi connectivity index (χ2n) is 3.47. The van der Waals surface area contributed by atoms with Crippen LogP contribution in [0, 0.1) is 6.92 Å². The number of rotatable bonds is 3. The first-order valence-electron chi connectivity index (χ1n) is 5.08. The van der Waals surface area contributed by atoms with Crippen LogP contribution in [0.1, 0.15) is 19.0 Å². The molecule has 0 aliphatic carbocycles. The smallest absolute Gasteiger partial charge is 0.197 e. The standard InChI is InChI=1S/C11H14N3S/c1-3-5-14-6-4-10(7-12-14)11-13-9(2)8-15-11/h4,6-8H,3,5H2,1-2H3/q+1. The van der Waals surface area contributed by atoms with E-state index in [0.717, 1.165) is 29.2 Å². The summed E-state index contributed by atoms with van der Waals surface area (Å²) < 4.78 is 1.95. The van der Waals surface area contributed by atoms with Gasteiger partial charge in [-0.2, -0.15) is 0 Å². The average molecular weight is 220 g/mol. The van der Waals surface area contributed by atoms with Gasteiger partial charge in [-0.3, -0.25) is 0 Å². The van der Waals surface area contributed by atoms with E-state index in [-0.39, 0.29) is 0 Å². The maximum absolute atomic E-state index is 4.43. The third-order valence-corrected chi connectivity index (χ3v) is 3.10. The number of aromatic nitrogens is 3. The molecule has 0 unspecified atom stereocenters. The van der Waals surface area contributed by atoms with Gasteiger partial charge in [0.25, 0.3) is 0 Å². The number of hydrogen-bond donors (Lipinski definition) is 0. The van der Waals surface area contributed by atoms with Crippen molar-refractivity contribution in [3.8, 4) is 10.6 Å². The molecule has 78 valence electrons. The number of hydrogen-bond acceptors (Lipinski definition) is 3. The zero-order valence-electron chi connectivity index (χ0n) is 8.97. The quantitative estimate of drug-likeness (QED) is 0.742. The van der Waals surface area contributed by atoms with E-state index in [1.54, 1.807) is 11.3 Å². The Hall–Kier alpha value is -1.29. The Morgan fingerprint density at radius 2 is 2.33 bits per heavy atom. The van der Waals surface area contributed by atoms with Gasteiger partial charge in [0.15, 0.2) is 12.7 Å². The molecule has 2 aromatic rings. The van der Waals surface area contributed by atoms with Crippen LogP contribution in [-0.4, -0.2) is 10.1 Å². The molecule has 4 heteroatoms. The first-order chi connectivity index (χ1) is 7.29. The molecule has 0 saturated carbocycles. The molecule has 0 bridgehead atoms.